The van der Waals surface area contributed by atoms with Crippen LogP contribution in [-0.2, 0) is 4.79 Å². The van der Waals surface area contributed by atoms with E-state index in [0.717, 1.165) is 19.0 Å². The fourth-order valence-electron chi connectivity index (χ4n) is 2.42. The molecule has 0 aromatic carbocycles. The lowest BCUT2D eigenvalue weighted by molar-refractivity contribution is -0.130. The molecule has 0 spiro atoms. The smallest absolute Gasteiger partial charge is 0.246 e. The largest absolute Gasteiger partial charge is 0.396 e. The average Bonchev–Trinajstić information content (AvgIpc) is 2.45. The Hall–Kier alpha value is -1.75. The first-order valence-electron chi connectivity index (χ1n) is 6.80. The van der Waals surface area contributed by atoms with Crippen LogP contribution in [0.1, 0.15) is 25.3 Å². The molecule has 1 aromatic heterocycles. The summed E-state index contributed by atoms with van der Waals surface area (Å²) in [7, 11) is 0. The number of aliphatic hydroxyl groups is 1. The maximum absolute atomic E-state index is 13.0. The van der Waals surface area contributed by atoms with E-state index in [1.54, 1.807) is 11.0 Å². The fourth-order valence-corrected chi connectivity index (χ4v) is 2.42. The summed E-state index contributed by atoms with van der Waals surface area (Å²) >= 11 is 0. The molecule has 1 aromatic rings. The molecule has 1 fully saturated rings. The van der Waals surface area contributed by atoms with Crippen LogP contribution < -0.4 is 0 Å². The van der Waals surface area contributed by atoms with Crippen LogP contribution >= 0.6 is 0 Å². The molecule has 1 aliphatic heterocycles. The Kier molecular flexibility index (Phi) is 4.84. The van der Waals surface area contributed by atoms with Gasteiger partial charge in [-0.2, -0.15) is 0 Å². The van der Waals surface area contributed by atoms with Gasteiger partial charge in [-0.25, -0.2) is 4.39 Å². The van der Waals surface area contributed by atoms with Gasteiger partial charge in [-0.1, -0.05) is 0 Å². The summed E-state index contributed by atoms with van der Waals surface area (Å²) in [6.07, 6.45) is 7.46. The van der Waals surface area contributed by atoms with Crippen molar-refractivity contribution in [2.75, 3.05) is 13.2 Å². The van der Waals surface area contributed by atoms with Gasteiger partial charge in [0.1, 0.15) is 5.82 Å². The Labute approximate surface area is 117 Å². The van der Waals surface area contributed by atoms with E-state index in [1.165, 1.54) is 18.3 Å². The number of aromatic nitrogens is 1. The monoisotopic (exact) mass is 278 g/mol. The zero-order valence-corrected chi connectivity index (χ0v) is 11.5. The summed E-state index contributed by atoms with van der Waals surface area (Å²) in [5.41, 5.74) is 0.557. The number of hydrogen-bond donors (Lipinski definition) is 1. The Morgan fingerprint density at radius 3 is 3.05 bits per heavy atom. The van der Waals surface area contributed by atoms with E-state index in [2.05, 4.69) is 4.98 Å². The molecule has 108 valence electrons. The number of rotatable bonds is 3. The molecule has 2 atom stereocenters. The third-order valence-corrected chi connectivity index (χ3v) is 3.67. The first-order chi connectivity index (χ1) is 9.60. The molecule has 20 heavy (non-hydrogen) atoms. The lowest BCUT2D eigenvalue weighted by Crippen LogP contribution is -2.45. The predicted molar refractivity (Wildman–Crippen MR) is 74.2 cm³/mol. The van der Waals surface area contributed by atoms with Crippen molar-refractivity contribution in [3.63, 3.8) is 0 Å². The van der Waals surface area contributed by atoms with Crippen LogP contribution in [0.25, 0.3) is 6.08 Å². The highest BCUT2D eigenvalue weighted by molar-refractivity contribution is 5.92. The molecular weight excluding hydrogens is 259 g/mol. The number of aliphatic hydroxyl groups excluding tert-OH is 1. The van der Waals surface area contributed by atoms with Gasteiger partial charge < -0.3 is 10.0 Å². The van der Waals surface area contributed by atoms with Gasteiger partial charge in [0, 0.05) is 31.5 Å². The van der Waals surface area contributed by atoms with E-state index in [4.69, 9.17) is 0 Å². The third kappa shape index (κ3) is 3.63. The van der Waals surface area contributed by atoms with Crippen molar-refractivity contribution in [2.24, 2.45) is 5.92 Å². The summed E-state index contributed by atoms with van der Waals surface area (Å²) in [4.78, 5) is 17.7. The van der Waals surface area contributed by atoms with Crippen molar-refractivity contribution in [3.8, 4) is 0 Å². The average molecular weight is 278 g/mol. The Bertz CT molecular complexity index is 504. The number of carbonyl (C=O) groups is 1. The molecule has 4 nitrogen and oxygen atoms in total. The summed E-state index contributed by atoms with van der Waals surface area (Å²) < 4.78 is 13.0. The lowest BCUT2D eigenvalue weighted by atomic mass is 9.94. The van der Waals surface area contributed by atoms with Gasteiger partial charge >= 0.3 is 0 Å². The number of amides is 1. The second kappa shape index (κ2) is 6.61. The van der Waals surface area contributed by atoms with Crippen LogP contribution in [0.5, 0.6) is 0 Å². The zero-order chi connectivity index (χ0) is 14.5. The number of carbonyl (C=O) groups excluding carboxylic acids is 1. The number of pyridine rings is 1. The molecule has 0 aliphatic carbocycles. The normalized spacial score (nSPS) is 23.2. The molecule has 0 bridgehead atoms. The third-order valence-electron chi connectivity index (χ3n) is 3.67. The molecule has 2 heterocycles. The summed E-state index contributed by atoms with van der Waals surface area (Å²) in [5.74, 6) is -0.384. The second-order valence-corrected chi connectivity index (χ2v) is 5.24. The molecular formula is C15H19FN2O2. The van der Waals surface area contributed by atoms with Crippen LogP contribution in [0.4, 0.5) is 4.39 Å². The number of nitrogens with zero attached hydrogens (tertiary/aromatic N) is 2. The molecule has 5 heteroatoms. The number of likely N-dealkylation sites (tertiary alicyclic amines) is 1. The first-order valence-corrected chi connectivity index (χ1v) is 6.80. The topological polar surface area (TPSA) is 53.4 Å². The van der Waals surface area contributed by atoms with Crippen LogP contribution in [-0.4, -0.2) is 40.1 Å². The van der Waals surface area contributed by atoms with Crippen molar-refractivity contribution >= 4 is 12.0 Å². The molecule has 0 saturated carbocycles. The van der Waals surface area contributed by atoms with Crippen LogP contribution in [0.3, 0.4) is 0 Å². The molecule has 2 unspecified atom stereocenters. The Morgan fingerprint density at radius 1 is 1.55 bits per heavy atom. The molecule has 1 aliphatic rings. The Morgan fingerprint density at radius 2 is 2.35 bits per heavy atom. The minimum absolute atomic E-state index is 0.105. The highest BCUT2D eigenvalue weighted by atomic mass is 19.1. The van der Waals surface area contributed by atoms with Gasteiger partial charge in [0.05, 0.1) is 6.20 Å². The van der Waals surface area contributed by atoms with Crippen LogP contribution in [0.15, 0.2) is 24.5 Å². The van der Waals surface area contributed by atoms with Crippen molar-refractivity contribution in [1.82, 2.24) is 9.88 Å². The van der Waals surface area contributed by atoms with Crippen LogP contribution in [0, 0.1) is 11.7 Å². The summed E-state index contributed by atoms with van der Waals surface area (Å²) in [6.45, 7) is 2.68. The molecule has 1 N–H and O–H groups in total. The predicted octanol–water partition coefficient (Wildman–Crippen LogP) is 1.85. The van der Waals surface area contributed by atoms with Gasteiger partial charge in [-0.05, 0) is 43.4 Å². The van der Waals surface area contributed by atoms with E-state index in [1.807, 2.05) is 6.92 Å². The molecule has 0 radical (unpaired) electrons. The number of hydrogen-bond acceptors (Lipinski definition) is 3. The first kappa shape index (κ1) is 14.7. The summed E-state index contributed by atoms with van der Waals surface area (Å²) in [6, 6.07) is 1.49. The summed E-state index contributed by atoms with van der Waals surface area (Å²) in [5, 5.41) is 9.21. The van der Waals surface area contributed by atoms with E-state index in [9.17, 15) is 14.3 Å². The zero-order valence-electron chi connectivity index (χ0n) is 11.5. The van der Waals surface area contributed by atoms with Crippen molar-refractivity contribution in [2.45, 2.75) is 25.8 Å². The van der Waals surface area contributed by atoms with Gasteiger partial charge in [-0.15, -0.1) is 0 Å². The maximum Gasteiger partial charge on any atom is 0.246 e. The maximum atomic E-state index is 13.0. The van der Waals surface area contributed by atoms with Gasteiger partial charge in [0.15, 0.2) is 0 Å². The molecule has 1 amide bonds. The SMILES string of the molecule is CC1CCC(CO)CN1C(=O)/C=C/c1cncc(F)c1. The van der Waals surface area contributed by atoms with E-state index in [0.29, 0.717) is 12.1 Å². The van der Waals surface area contributed by atoms with E-state index >= 15 is 0 Å². The van der Waals surface area contributed by atoms with Gasteiger partial charge in [0.2, 0.25) is 5.91 Å². The van der Waals surface area contributed by atoms with E-state index in [-0.39, 0.29) is 24.5 Å². The van der Waals surface area contributed by atoms with E-state index < -0.39 is 5.82 Å². The van der Waals surface area contributed by atoms with Crippen molar-refractivity contribution in [1.29, 1.82) is 0 Å². The number of piperidine rings is 1. The minimum atomic E-state index is -0.425. The van der Waals surface area contributed by atoms with Gasteiger partial charge in [-0.3, -0.25) is 9.78 Å². The molecule has 1 saturated heterocycles. The minimum Gasteiger partial charge on any atom is -0.396 e. The molecule has 2 rings (SSSR count). The Balaban J connectivity index is 2.03. The quantitative estimate of drug-likeness (QED) is 0.859. The highest BCUT2D eigenvalue weighted by Crippen LogP contribution is 2.21. The lowest BCUT2D eigenvalue weighted by Gasteiger charge is -2.36. The standard InChI is InChI=1S/C15H19FN2O2/c1-11-2-3-13(10-19)9-18(11)15(20)5-4-12-6-14(16)8-17-7-12/h4-8,11,13,19H,2-3,9-10H2,1H3/b5-4+. The fraction of sp³-hybridized carbons (Fsp3) is 0.467. The van der Waals surface area contributed by atoms with Gasteiger partial charge in [0.25, 0.3) is 0 Å². The van der Waals surface area contributed by atoms with Crippen molar-refractivity contribution in [3.05, 3.63) is 35.9 Å². The highest BCUT2D eigenvalue weighted by Gasteiger charge is 2.27. The van der Waals surface area contributed by atoms with Crippen LogP contribution in [0.2, 0.25) is 0 Å². The number of halogens is 1. The second-order valence-electron chi connectivity index (χ2n) is 5.24. The van der Waals surface area contributed by atoms with Crippen molar-refractivity contribution < 1.29 is 14.3 Å².